The number of hydrogen-bond acceptors (Lipinski definition) is 5. The number of anilines is 1. The van der Waals surface area contributed by atoms with Crippen molar-refractivity contribution in [1.82, 2.24) is 14.7 Å². The number of nitro groups is 1. The number of nitrogens with one attached hydrogen (secondary N) is 1. The lowest BCUT2D eigenvalue weighted by Crippen LogP contribution is -2.29. The molecular weight excluding hydrogens is 334 g/mol. The molecule has 1 amide bonds. The summed E-state index contributed by atoms with van der Waals surface area (Å²) >= 11 is 0. The topological polar surface area (TPSA) is 93.3 Å². The second kappa shape index (κ2) is 8.57. The van der Waals surface area contributed by atoms with Gasteiger partial charge < -0.3 is 5.32 Å². The predicted octanol–water partition coefficient (Wildman–Crippen LogP) is 2.81. The van der Waals surface area contributed by atoms with Crippen molar-refractivity contribution in [3.05, 3.63) is 52.3 Å². The third-order valence-corrected chi connectivity index (χ3v) is 4.46. The summed E-state index contributed by atoms with van der Waals surface area (Å²) in [5.41, 5.74) is 1.89. The fourth-order valence-corrected chi connectivity index (χ4v) is 3.13. The molecule has 1 aliphatic rings. The van der Waals surface area contributed by atoms with E-state index < -0.39 is 4.92 Å². The number of nitrogens with zero attached hydrogens (tertiary/aromatic N) is 4. The molecule has 1 saturated heterocycles. The van der Waals surface area contributed by atoms with E-state index in [1.54, 1.807) is 0 Å². The summed E-state index contributed by atoms with van der Waals surface area (Å²) in [6, 6.07) is 7.90. The van der Waals surface area contributed by atoms with Gasteiger partial charge in [0.15, 0.2) is 0 Å². The molecule has 8 heteroatoms. The maximum Gasteiger partial charge on any atom is 0.306 e. The Labute approximate surface area is 151 Å². The molecule has 1 aromatic carbocycles. The van der Waals surface area contributed by atoms with Crippen molar-refractivity contribution in [1.29, 1.82) is 0 Å². The predicted molar refractivity (Wildman–Crippen MR) is 97.7 cm³/mol. The van der Waals surface area contributed by atoms with Gasteiger partial charge in [-0.3, -0.25) is 24.5 Å². The number of hydrogen-bond donors (Lipinski definition) is 1. The highest BCUT2D eigenvalue weighted by molar-refractivity contribution is 5.90. The van der Waals surface area contributed by atoms with E-state index in [-0.39, 0.29) is 18.0 Å². The Bertz CT molecular complexity index is 768. The van der Waals surface area contributed by atoms with Gasteiger partial charge >= 0.3 is 5.69 Å². The summed E-state index contributed by atoms with van der Waals surface area (Å²) in [6.45, 7) is 3.47. The molecule has 0 saturated carbocycles. The number of rotatable bonds is 7. The quantitative estimate of drug-likeness (QED) is 0.607. The summed E-state index contributed by atoms with van der Waals surface area (Å²) in [6.07, 6.45) is 6.53. The zero-order chi connectivity index (χ0) is 18.4. The molecule has 1 fully saturated rings. The standard InChI is InChI=1S/C18H23N5O3/c24-18(7-10-22-14-17(12-19-22)23(25)26)20-16-6-4-5-15(11-16)13-21-8-2-1-3-9-21/h4-6,11-12,14H,1-3,7-10,13H2,(H,20,24). The summed E-state index contributed by atoms with van der Waals surface area (Å²) in [5, 5.41) is 17.4. The van der Waals surface area contributed by atoms with Crippen LogP contribution in [0.1, 0.15) is 31.2 Å². The molecular formula is C18H23N5O3. The SMILES string of the molecule is O=C(CCn1cc([N+](=O)[O-])cn1)Nc1cccc(CN2CCCCC2)c1. The van der Waals surface area contributed by atoms with E-state index in [2.05, 4.69) is 21.4 Å². The van der Waals surface area contributed by atoms with E-state index in [1.165, 1.54) is 41.9 Å². The van der Waals surface area contributed by atoms with Gasteiger partial charge in [-0.25, -0.2) is 0 Å². The van der Waals surface area contributed by atoms with Gasteiger partial charge in [0, 0.05) is 25.2 Å². The van der Waals surface area contributed by atoms with Crippen LogP contribution in [0.15, 0.2) is 36.7 Å². The van der Waals surface area contributed by atoms with E-state index in [9.17, 15) is 14.9 Å². The number of amides is 1. The number of carbonyl (C=O) groups is 1. The first-order valence-electron chi connectivity index (χ1n) is 8.88. The molecule has 0 radical (unpaired) electrons. The van der Waals surface area contributed by atoms with Gasteiger partial charge in [0.25, 0.3) is 0 Å². The second-order valence-electron chi connectivity index (χ2n) is 6.55. The molecule has 8 nitrogen and oxygen atoms in total. The molecule has 0 aliphatic carbocycles. The monoisotopic (exact) mass is 357 g/mol. The van der Waals surface area contributed by atoms with Crippen LogP contribution in [0.5, 0.6) is 0 Å². The normalized spacial score (nSPS) is 14.9. The second-order valence-corrected chi connectivity index (χ2v) is 6.55. The van der Waals surface area contributed by atoms with Gasteiger partial charge in [-0.2, -0.15) is 5.10 Å². The molecule has 0 atom stereocenters. The Hall–Kier alpha value is -2.74. The Balaban J connectivity index is 1.50. The van der Waals surface area contributed by atoms with Crippen molar-refractivity contribution in [2.24, 2.45) is 0 Å². The van der Waals surface area contributed by atoms with Gasteiger partial charge in [-0.05, 0) is 43.6 Å². The van der Waals surface area contributed by atoms with Crippen LogP contribution < -0.4 is 5.32 Å². The summed E-state index contributed by atoms with van der Waals surface area (Å²) < 4.78 is 1.41. The average Bonchev–Trinajstić information content (AvgIpc) is 3.11. The number of aromatic nitrogens is 2. The number of carbonyl (C=O) groups excluding carboxylic acids is 1. The lowest BCUT2D eigenvalue weighted by molar-refractivity contribution is -0.385. The lowest BCUT2D eigenvalue weighted by atomic mass is 10.1. The van der Waals surface area contributed by atoms with Gasteiger partial charge in [0.1, 0.15) is 12.4 Å². The molecule has 1 aliphatic heterocycles. The highest BCUT2D eigenvalue weighted by atomic mass is 16.6. The molecule has 138 valence electrons. The summed E-state index contributed by atoms with van der Waals surface area (Å²) in [4.78, 5) is 24.7. The Morgan fingerprint density at radius 1 is 1.27 bits per heavy atom. The number of piperidine rings is 1. The van der Waals surface area contributed by atoms with Crippen LogP contribution in [0, 0.1) is 10.1 Å². The van der Waals surface area contributed by atoms with Crippen LogP contribution >= 0.6 is 0 Å². The molecule has 0 bridgehead atoms. The number of likely N-dealkylation sites (tertiary alicyclic amines) is 1. The minimum absolute atomic E-state index is 0.0733. The van der Waals surface area contributed by atoms with Crippen molar-refractivity contribution in [2.75, 3.05) is 18.4 Å². The largest absolute Gasteiger partial charge is 0.326 e. The van der Waals surface area contributed by atoms with E-state index in [0.717, 1.165) is 25.3 Å². The van der Waals surface area contributed by atoms with E-state index in [1.807, 2.05) is 18.2 Å². The molecule has 0 spiro atoms. The van der Waals surface area contributed by atoms with Crippen LogP contribution in [0.3, 0.4) is 0 Å². The van der Waals surface area contributed by atoms with Crippen molar-refractivity contribution in [3.63, 3.8) is 0 Å². The molecule has 1 aromatic heterocycles. The molecule has 2 aromatic rings. The smallest absolute Gasteiger partial charge is 0.306 e. The first-order chi connectivity index (χ1) is 12.6. The fourth-order valence-electron chi connectivity index (χ4n) is 3.13. The molecule has 1 N–H and O–H groups in total. The van der Waals surface area contributed by atoms with Gasteiger partial charge in [-0.15, -0.1) is 0 Å². The van der Waals surface area contributed by atoms with E-state index in [4.69, 9.17) is 0 Å². The van der Waals surface area contributed by atoms with Crippen molar-refractivity contribution in [2.45, 2.75) is 38.8 Å². The Morgan fingerprint density at radius 3 is 2.81 bits per heavy atom. The highest BCUT2D eigenvalue weighted by Gasteiger charge is 2.12. The third-order valence-electron chi connectivity index (χ3n) is 4.46. The van der Waals surface area contributed by atoms with Crippen LogP contribution in [0.2, 0.25) is 0 Å². The fraction of sp³-hybridized carbons (Fsp3) is 0.444. The summed E-state index contributed by atoms with van der Waals surface area (Å²) in [5.74, 6) is -0.140. The number of aryl methyl sites for hydroxylation is 1. The van der Waals surface area contributed by atoms with Crippen molar-refractivity contribution >= 4 is 17.3 Å². The molecule has 26 heavy (non-hydrogen) atoms. The van der Waals surface area contributed by atoms with Crippen LogP contribution in [-0.2, 0) is 17.9 Å². The van der Waals surface area contributed by atoms with Gasteiger partial charge in [0.05, 0.1) is 4.92 Å². The first-order valence-corrected chi connectivity index (χ1v) is 8.88. The maximum absolute atomic E-state index is 12.1. The highest BCUT2D eigenvalue weighted by Crippen LogP contribution is 2.16. The zero-order valence-corrected chi connectivity index (χ0v) is 14.6. The average molecular weight is 357 g/mol. The Morgan fingerprint density at radius 2 is 2.08 bits per heavy atom. The van der Waals surface area contributed by atoms with Crippen LogP contribution in [0.25, 0.3) is 0 Å². The summed E-state index contributed by atoms with van der Waals surface area (Å²) in [7, 11) is 0. The molecule has 2 heterocycles. The van der Waals surface area contributed by atoms with Crippen LogP contribution in [-0.4, -0.2) is 38.6 Å². The lowest BCUT2D eigenvalue weighted by Gasteiger charge is -2.26. The first kappa shape index (κ1) is 18.1. The van der Waals surface area contributed by atoms with E-state index in [0.29, 0.717) is 6.54 Å². The van der Waals surface area contributed by atoms with E-state index >= 15 is 0 Å². The maximum atomic E-state index is 12.1. The third kappa shape index (κ3) is 5.13. The number of benzene rings is 1. The van der Waals surface area contributed by atoms with Crippen LogP contribution in [0.4, 0.5) is 11.4 Å². The minimum Gasteiger partial charge on any atom is -0.326 e. The van der Waals surface area contributed by atoms with Gasteiger partial charge in [0.2, 0.25) is 5.91 Å². The van der Waals surface area contributed by atoms with Gasteiger partial charge in [-0.1, -0.05) is 18.6 Å². The van der Waals surface area contributed by atoms with Crippen molar-refractivity contribution in [3.8, 4) is 0 Å². The zero-order valence-electron chi connectivity index (χ0n) is 14.6. The Kier molecular flexibility index (Phi) is 5.96. The molecule has 3 rings (SSSR count). The minimum atomic E-state index is -0.503. The molecule has 0 unspecified atom stereocenters. The van der Waals surface area contributed by atoms with Crippen molar-refractivity contribution < 1.29 is 9.72 Å².